The summed E-state index contributed by atoms with van der Waals surface area (Å²) in [6.07, 6.45) is 1.11. The molecule has 4 nitrogen and oxygen atoms in total. The van der Waals surface area contributed by atoms with E-state index in [-0.39, 0.29) is 5.91 Å². The van der Waals surface area contributed by atoms with Gasteiger partial charge in [-0.15, -0.1) is 11.8 Å². The van der Waals surface area contributed by atoms with E-state index in [1.165, 1.54) is 0 Å². The number of benzene rings is 1. The van der Waals surface area contributed by atoms with Gasteiger partial charge in [-0.05, 0) is 24.1 Å². The highest BCUT2D eigenvalue weighted by Crippen LogP contribution is 2.54. The third-order valence-corrected chi connectivity index (χ3v) is 5.83. The third kappa shape index (κ3) is 1.89. The summed E-state index contributed by atoms with van der Waals surface area (Å²) in [5.74, 6) is -0.515. The maximum atomic E-state index is 12.1. The lowest BCUT2D eigenvalue weighted by Crippen LogP contribution is -2.45. The highest BCUT2D eigenvalue weighted by Gasteiger charge is 2.56. The van der Waals surface area contributed by atoms with Gasteiger partial charge in [0.05, 0.1) is 0 Å². The molecule has 1 aromatic carbocycles. The Balaban J connectivity index is 2.05. The molecule has 0 saturated carbocycles. The number of hydrogen-bond acceptors (Lipinski definition) is 3. The number of thioether (sulfide) groups is 1. The second kappa shape index (κ2) is 4.52. The Morgan fingerprint density at radius 1 is 1.42 bits per heavy atom. The van der Waals surface area contributed by atoms with E-state index in [0.717, 1.165) is 10.0 Å². The molecule has 0 spiro atoms. The van der Waals surface area contributed by atoms with E-state index < -0.39 is 16.9 Å². The van der Waals surface area contributed by atoms with Crippen LogP contribution in [0, 0.1) is 0 Å². The molecular weight excluding hydrogens is 330 g/mol. The van der Waals surface area contributed by atoms with E-state index in [9.17, 15) is 14.7 Å². The third-order valence-electron chi connectivity index (χ3n) is 3.71. The quantitative estimate of drug-likeness (QED) is 0.897. The first kappa shape index (κ1) is 13.0. The molecule has 0 aliphatic carbocycles. The molecule has 2 atom stereocenters. The summed E-state index contributed by atoms with van der Waals surface area (Å²) in [6.45, 7) is 0. The van der Waals surface area contributed by atoms with Crippen LogP contribution in [-0.2, 0) is 14.5 Å². The van der Waals surface area contributed by atoms with Crippen LogP contribution >= 0.6 is 27.7 Å². The first-order valence-corrected chi connectivity index (χ1v) is 7.77. The summed E-state index contributed by atoms with van der Waals surface area (Å²) < 4.78 is 0.973. The predicted octanol–water partition coefficient (Wildman–Crippen LogP) is 2.42. The minimum atomic E-state index is -0.915. The van der Waals surface area contributed by atoms with Crippen LogP contribution in [0.5, 0.6) is 0 Å². The van der Waals surface area contributed by atoms with Gasteiger partial charge < -0.3 is 10.0 Å². The largest absolute Gasteiger partial charge is 0.480 e. The second-order valence-corrected chi connectivity index (χ2v) is 6.93. The molecule has 0 radical (unpaired) electrons. The van der Waals surface area contributed by atoms with E-state index in [1.54, 1.807) is 16.7 Å². The zero-order chi connectivity index (χ0) is 13.6. The minimum absolute atomic E-state index is 0.0553. The lowest BCUT2D eigenvalue weighted by molar-refractivity contribution is -0.148. The van der Waals surface area contributed by atoms with Crippen molar-refractivity contribution < 1.29 is 14.7 Å². The standard InChI is InChI=1S/C13H12BrNO3S/c14-9-3-1-8(2-4-9)13-6-5-11(16)15(13)10(7-19-13)12(17)18/h1-4,10H,5-7H2,(H,17,18)/t10-,13+/m1/s1. The molecule has 2 saturated heterocycles. The van der Waals surface area contributed by atoms with Gasteiger partial charge in [-0.3, -0.25) is 4.79 Å². The van der Waals surface area contributed by atoms with E-state index >= 15 is 0 Å². The number of fused-ring (bicyclic) bond motifs is 1. The number of amides is 1. The van der Waals surface area contributed by atoms with Gasteiger partial charge in [0.25, 0.3) is 0 Å². The number of hydrogen-bond donors (Lipinski definition) is 1. The normalized spacial score (nSPS) is 29.6. The number of carbonyl (C=O) groups excluding carboxylic acids is 1. The van der Waals surface area contributed by atoms with Crippen molar-refractivity contribution in [3.05, 3.63) is 34.3 Å². The first-order valence-electron chi connectivity index (χ1n) is 5.99. The summed E-state index contributed by atoms with van der Waals surface area (Å²) in [5.41, 5.74) is 1.01. The van der Waals surface area contributed by atoms with Crippen molar-refractivity contribution in [2.45, 2.75) is 23.8 Å². The van der Waals surface area contributed by atoms with Crippen LogP contribution in [0.4, 0.5) is 0 Å². The summed E-state index contributed by atoms with van der Waals surface area (Å²) in [6, 6.07) is 7.09. The van der Waals surface area contributed by atoms with Gasteiger partial charge in [0.15, 0.2) is 0 Å². The van der Waals surface area contributed by atoms with Crippen molar-refractivity contribution >= 4 is 39.6 Å². The van der Waals surface area contributed by atoms with Crippen molar-refractivity contribution in [2.75, 3.05) is 5.75 Å². The van der Waals surface area contributed by atoms with Gasteiger partial charge in [-0.1, -0.05) is 28.1 Å². The number of carbonyl (C=O) groups is 2. The van der Waals surface area contributed by atoms with E-state index in [1.807, 2.05) is 24.3 Å². The topological polar surface area (TPSA) is 57.6 Å². The molecule has 1 amide bonds. The van der Waals surface area contributed by atoms with Crippen molar-refractivity contribution in [3.63, 3.8) is 0 Å². The molecular formula is C13H12BrNO3S. The maximum absolute atomic E-state index is 12.1. The highest BCUT2D eigenvalue weighted by atomic mass is 79.9. The number of nitrogens with zero attached hydrogens (tertiary/aromatic N) is 1. The lowest BCUT2D eigenvalue weighted by atomic mass is 10.0. The fourth-order valence-corrected chi connectivity index (χ4v) is 4.74. The number of aliphatic carboxylic acids is 1. The number of rotatable bonds is 2. The molecule has 19 heavy (non-hydrogen) atoms. The van der Waals surface area contributed by atoms with E-state index in [2.05, 4.69) is 15.9 Å². The summed E-state index contributed by atoms with van der Waals surface area (Å²) in [5, 5.41) is 9.27. The van der Waals surface area contributed by atoms with Crippen molar-refractivity contribution in [3.8, 4) is 0 Å². The number of halogens is 1. The van der Waals surface area contributed by atoms with Crippen LogP contribution in [0.15, 0.2) is 28.7 Å². The Kier molecular flexibility index (Phi) is 3.09. The van der Waals surface area contributed by atoms with Gasteiger partial charge in [0.2, 0.25) is 5.91 Å². The molecule has 0 aromatic heterocycles. The van der Waals surface area contributed by atoms with Crippen molar-refractivity contribution in [1.29, 1.82) is 0 Å². The SMILES string of the molecule is O=C(O)[C@H]1CS[C@]2(c3ccc(Br)cc3)CCC(=O)N12. The summed E-state index contributed by atoms with van der Waals surface area (Å²) >= 11 is 4.96. The van der Waals surface area contributed by atoms with Gasteiger partial charge in [-0.2, -0.15) is 0 Å². The van der Waals surface area contributed by atoms with Crippen molar-refractivity contribution in [1.82, 2.24) is 4.90 Å². The Morgan fingerprint density at radius 2 is 2.11 bits per heavy atom. The number of carboxylic acid groups (broad SMARTS) is 1. The molecule has 0 bridgehead atoms. The van der Waals surface area contributed by atoms with Crippen LogP contribution in [-0.4, -0.2) is 33.7 Å². The average Bonchev–Trinajstić information content (AvgIpc) is 2.90. The minimum Gasteiger partial charge on any atom is -0.480 e. The van der Waals surface area contributed by atoms with Crippen LogP contribution in [0.25, 0.3) is 0 Å². The highest BCUT2D eigenvalue weighted by molar-refractivity contribution is 9.10. The molecule has 1 aromatic rings. The lowest BCUT2D eigenvalue weighted by Gasteiger charge is -2.33. The molecule has 2 aliphatic rings. The van der Waals surface area contributed by atoms with E-state index in [0.29, 0.717) is 18.6 Å². The zero-order valence-corrected chi connectivity index (χ0v) is 12.4. The van der Waals surface area contributed by atoms with Crippen LogP contribution in [0.1, 0.15) is 18.4 Å². The fourth-order valence-electron chi connectivity index (χ4n) is 2.84. The fraction of sp³-hybridized carbons (Fsp3) is 0.385. The maximum Gasteiger partial charge on any atom is 0.327 e. The van der Waals surface area contributed by atoms with Gasteiger partial charge in [0.1, 0.15) is 10.9 Å². The van der Waals surface area contributed by atoms with Crippen LogP contribution in [0.2, 0.25) is 0 Å². The van der Waals surface area contributed by atoms with Crippen LogP contribution in [0.3, 0.4) is 0 Å². The molecule has 2 heterocycles. The van der Waals surface area contributed by atoms with Crippen molar-refractivity contribution in [2.24, 2.45) is 0 Å². The predicted molar refractivity (Wildman–Crippen MR) is 75.8 cm³/mol. The zero-order valence-electron chi connectivity index (χ0n) is 10.0. The average molecular weight is 342 g/mol. The Morgan fingerprint density at radius 3 is 2.74 bits per heavy atom. The monoisotopic (exact) mass is 341 g/mol. The molecule has 2 aliphatic heterocycles. The van der Waals surface area contributed by atoms with Gasteiger partial charge in [0, 0.05) is 16.6 Å². The molecule has 1 N–H and O–H groups in total. The molecule has 2 fully saturated rings. The Bertz CT molecular complexity index is 547. The first-order chi connectivity index (χ1) is 9.04. The molecule has 6 heteroatoms. The molecule has 0 unspecified atom stereocenters. The second-order valence-electron chi connectivity index (χ2n) is 4.72. The molecule has 3 rings (SSSR count). The molecule has 100 valence electrons. The van der Waals surface area contributed by atoms with Crippen LogP contribution < -0.4 is 0 Å². The van der Waals surface area contributed by atoms with E-state index in [4.69, 9.17) is 0 Å². The Labute approximate surface area is 123 Å². The number of carboxylic acids is 1. The summed E-state index contributed by atoms with van der Waals surface area (Å²) in [7, 11) is 0. The van der Waals surface area contributed by atoms with Gasteiger partial charge in [-0.25, -0.2) is 4.79 Å². The smallest absolute Gasteiger partial charge is 0.327 e. The summed E-state index contributed by atoms with van der Waals surface area (Å²) in [4.78, 5) is 24.4. The van der Waals surface area contributed by atoms with Gasteiger partial charge >= 0.3 is 5.97 Å². The Hall–Kier alpha value is -1.01.